The van der Waals surface area contributed by atoms with E-state index >= 15 is 0 Å². The van der Waals surface area contributed by atoms with E-state index in [1.54, 1.807) is 36.5 Å². The fourth-order valence-corrected chi connectivity index (χ4v) is 4.14. The maximum Gasteiger partial charge on any atom is 0.261 e. The van der Waals surface area contributed by atoms with E-state index in [4.69, 9.17) is 4.74 Å². The van der Waals surface area contributed by atoms with Crippen molar-refractivity contribution >= 4 is 34.1 Å². The van der Waals surface area contributed by atoms with Crippen LogP contribution in [0.4, 0.5) is 17.3 Å². The first-order chi connectivity index (χ1) is 16.1. The lowest BCUT2D eigenvalue weighted by Gasteiger charge is -2.22. The van der Waals surface area contributed by atoms with Crippen LogP contribution in [-0.4, -0.2) is 36.1 Å². The Morgan fingerprint density at radius 2 is 2.09 bits per heavy atom. The molecule has 0 atom stereocenters. The molecule has 0 unspecified atom stereocenters. The molecule has 4 aromatic rings. The number of aromatic nitrogens is 3. The van der Waals surface area contributed by atoms with Crippen LogP contribution in [0.25, 0.3) is 10.9 Å². The molecule has 0 saturated heterocycles. The van der Waals surface area contributed by atoms with Crippen LogP contribution >= 0.6 is 0 Å². The van der Waals surface area contributed by atoms with Crippen LogP contribution in [0.15, 0.2) is 67.1 Å². The highest BCUT2D eigenvalue weighted by Gasteiger charge is 2.30. The van der Waals surface area contributed by atoms with Gasteiger partial charge in [0, 0.05) is 44.5 Å². The average Bonchev–Trinajstić information content (AvgIpc) is 2.94. The number of amides is 1. The zero-order valence-corrected chi connectivity index (χ0v) is 18.4. The van der Waals surface area contributed by atoms with Crippen LogP contribution in [0, 0.1) is 5.21 Å². The molecule has 8 heteroatoms. The molecule has 4 heterocycles. The number of fused-ring (bicyclic) bond motifs is 3. The molecule has 0 bridgehead atoms. The molecule has 33 heavy (non-hydrogen) atoms. The van der Waals surface area contributed by atoms with Crippen molar-refractivity contribution in [3.63, 3.8) is 0 Å². The SMILES string of the molecule is CCN1c2ncc(CCOc3cc[n+]([O-])c4ccccc34)cc2C(=O)N(C)c2cc[14cH]n[14c]21. The number of rotatable bonds is 5. The summed E-state index contributed by atoms with van der Waals surface area (Å²) in [5.41, 5.74) is 2.74. The van der Waals surface area contributed by atoms with E-state index in [2.05, 4.69) is 9.97 Å². The van der Waals surface area contributed by atoms with Crippen molar-refractivity contribution in [2.75, 3.05) is 30.0 Å². The van der Waals surface area contributed by atoms with Crippen molar-refractivity contribution < 1.29 is 14.3 Å². The Balaban J connectivity index is 1.41. The number of hydrogen-bond donors (Lipinski definition) is 0. The van der Waals surface area contributed by atoms with E-state index in [0.717, 1.165) is 21.4 Å². The summed E-state index contributed by atoms with van der Waals surface area (Å²) >= 11 is 0. The molecule has 1 aromatic carbocycles. The van der Waals surface area contributed by atoms with Crippen molar-refractivity contribution in [2.24, 2.45) is 0 Å². The zero-order valence-electron chi connectivity index (χ0n) is 18.4. The first-order valence-electron chi connectivity index (χ1n) is 10.8. The molecule has 0 spiro atoms. The summed E-state index contributed by atoms with van der Waals surface area (Å²) in [6.07, 6.45) is 5.51. The molecule has 0 fully saturated rings. The first kappa shape index (κ1) is 20.7. The molecule has 0 N–H and O–H groups in total. The number of nitrogens with zero attached hydrogens (tertiary/aromatic N) is 5. The van der Waals surface area contributed by atoms with Crippen molar-refractivity contribution in [3.05, 3.63) is 83.5 Å². The van der Waals surface area contributed by atoms with Gasteiger partial charge in [0.1, 0.15) is 11.6 Å². The Morgan fingerprint density at radius 3 is 2.94 bits per heavy atom. The van der Waals surface area contributed by atoms with E-state index in [0.29, 0.717) is 48.0 Å². The second kappa shape index (κ2) is 8.38. The number of carbonyl (C=O) groups is 1. The fourth-order valence-electron chi connectivity index (χ4n) is 4.14. The molecule has 1 amide bonds. The van der Waals surface area contributed by atoms with Gasteiger partial charge in [0.05, 0.1) is 23.2 Å². The topological polar surface area (TPSA) is 85.5 Å². The standard InChI is InChI=1S/C25H23N5O3/c1-3-29-23-19(25(31)28(2)21-9-6-12-26-24(21)29)15-17(16-27-23)11-14-33-22-10-13-30(32)20-8-5-4-7-18(20)22/h4-10,12-13,15-16H,3,11,14H2,1-2H3/i12+2,24+2. The third kappa shape index (κ3) is 3.59. The summed E-state index contributed by atoms with van der Waals surface area (Å²) in [7, 11) is 1.75. The molecular weight excluding hydrogens is 422 g/mol. The van der Waals surface area contributed by atoms with Gasteiger partial charge in [-0.3, -0.25) is 4.79 Å². The van der Waals surface area contributed by atoms with Crippen LogP contribution in [0.3, 0.4) is 0 Å². The van der Waals surface area contributed by atoms with E-state index in [1.165, 1.54) is 6.20 Å². The number of pyridine rings is 3. The van der Waals surface area contributed by atoms with E-state index in [9.17, 15) is 10.0 Å². The maximum atomic E-state index is 13.3. The molecule has 8 nitrogen and oxygen atoms in total. The summed E-state index contributed by atoms with van der Waals surface area (Å²) in [6, 6.07) is 14.6. The van der Waals surface area contributed by atoms with Gasteiger partial charge >= 0.3 is 0 Å². The third-order valence-corrected chi connectivity index (χ3v) is 5.83. The lowest BCUT2D eigenvalue weighted by atomic mass is 10.1. The maximum absolute atomic E-state index is 13.3. The highest BCUT2D eigenvalue weighted by Crippen LogP contribution is 2.37. The second-order valence-corrected chi connectivity index (χ2v) is 7.79. The van der Waals surface area contributed by atoms with Gasteiger partial charge in [-0.1, -0.05) is 12.1 Å². The summed E-state index contributed by atoms with van der Waals surface area (Å²) in [4.78, 5) is 26.0. The number of para-hydroxylation sites is 1. The van der Waals surface area contributed by atoms with Crippen LogP contribution < -0.4 is 19.3 Å². The van der Waals surface area contributed by atoms with Crippen molar-refractivity contribution in [2.45, 2.75) is 13.3 Å². The predicted octanol–water partition coefficient (Wildman–Crippen LogP) is 3.63. The van der Waals surface area contributed by atoms with E-state index in [-0.39, 0.29) is 5.91 Å². The summed E-state index contributed by atoms with van der Waals surface area (Å²) in [5, 5.41) is 12.7. The molecule has 0 aliphatic carbocycles. The van der Waals surface area contributed by atoms with Crippen molar-refractivity contribution in [1.82, 2.24) is 9.97 Å². The normalized spacial score (nSPS) is 13.0. The lowest BCUT2D eigenvalue weighted by Crippen LogP contribution is -2.26. The average molecular weight is 445 g/mol. The number of anilines is 3. The van der Waals surface area contributed by atoms with Gasteiger partial charge in [-0.05, 0) is 36.8 Å². The highest BCUT2D eigenvalue weighted by molar-refractivity contribution is 6.12. The van der Waals surface area contributed by atoms with Crippen LogP contribution in [0.1, 0.15) is 22.8 Å². The van der Waals surface area contributed by atoms with Crippen molar-refractivity contribution in [3.8, 4) is 5.75 Å². The Bertz CT molecular complexity index is 1360. The molecule has 5 rings (SSSR count). The van der Waals surface area contributed by atoms with Gasteiger partial charge in [0.2, 0.25) is 5.52 Å². The summed E-state index contributed by atoms with van der Waals surface area (Å²) in [5.74, 6) is 1.84. The zero-order chi connectivity index (χ0) is 22.9. The molecule has 0 radical (unpaired) electrons. The molecular formula is C25H23N5O3. The largest absolute Gasteiger partial charge is 0.618 e. The van der Waals surface area contributed by atoms with Crippen LogP contribution in [-0.2, 0) is 6.42 Å². The molecule has 166 valence electrons. The summed E-state index contributed by atoms with van der Waals surface area (Å²) in [6.45, 7) is 3.03. The minimum atomic E-state index is -0.125. The van der Waals surface area contributed by atoms with Gasteiger partial charge < -0.3 is 19.7 Å². The molecule has 3 aromatic heterocycles. The first-order valence-corrected chi connectivity index (χ1v) is 10.8. The highest BCUT2D eigenvalue weighted by atomic mass is 16.5. The van der Waals surface area contributed by atoms with Gasteiger partial charge in [0.15, 0.2) is 12.0 Å². The Labute approximate surface area is 191 Å². The van der Waals surface area contributed by atoms with Crippen LogP contribution in [0.5, 0.6) is 5.75 Å². The Kier molecular flexibility index (Phi) is 5.26. The van der Waals surface area contributed by atoms with Gasteiger partial charge in [-0.15, -0.1) is 0 Å². The summed E-state index contributed by atoms with van der Waals surface area (Å²) < 4.78 is 6.82. The minimum absolute atomic E-state index is 0.125. The smallest absolute Gasteiger partial charge is 0.261 e. The quantitative estimate of drug-likeness (QED) is 0.345. The van der Waals surface area contributed by atoms with Gasteiger partial charge in [-0.25, -0.2) is 9.97 Å². The molecule has 1 aliphatic heterocycles. The van der Waals surface area contributed by atoms with Gasteiger partial charge in [-0.2, -0.15) is 4.73 Å². The monoisotopic (exact) mass is 445 g/mol. The van der Waals surface area contributed by atoms with Gasteiger partial charge in [0.25, 0.3) is 5.91 Å². The van der Waals surface area contributed by atoms with Crippen LogP contribution in [0.2, 0.25) is 0 Å². The lowest BCUT2D eigenvalue weighted by molar-refractivity contribution is -0.577. The van der Waals surface area contributed by atoms with E-state index < -0.39 is 0 Å². The fraction of sp³-hybridized carbons (Fsp3) is 0.200. The number of benzene rings is 1. The van der Waals surface area contributed by atoms with Crippen molar-refractivity contribution in [1.29, 1.82) is 0 Å². The second-order valence-electron chi connectivity index (χ2n) is 7.79. The number of carbonyl (C=O) groups excluding carboxylic acids is 1. The number of ether oxygens (including phenoxy) is 1. The predicted molar refractivity (Wildman–Crippen MR) is 126 cm³/mol. The molecule has 1 aliphatic rings. The Hall–Kier alpha value is -4.20. The molecule has 0 saturated carbocycles. The number of hydrogen-bond acceptors (Lipinski definition) is 6. The Morgan fingerprint density at radius 1 is 1.24 bits per heavy atom. The third-order valence-electron chi connectivity index (χ3n) is 5.83. The minimum Gasteiger partial charge on any atom is -0.618 e. The van der Waals surface area contributed by atoms with E-state index in [1.807, 2.05) is 48.2 Å².